The summed E-state index contributed by atoms with van der Waals surface area (Å²) in [6.45, 7) is 7.28. The number of hydrogen-bond donors (Lipinski definition) is 1. The number of carbonyl (C=O) groups is 1. The molecule has 2 aromatic rings. The molecule has 0 atom stereocenters. The van der Waals surface area contributed by atoms with E-state index >= 15 is 0 Å². The van der Waals surface area contributed by atoms with Gasteiger partial charge in [-0.2, -0.15) is 0 Å². The van der Waals surface area contributed by atoms with Crippen molar-refractivity contribution < 1.29 is 4.79 Å². The Kier molecular flexibility index (Phi) is 5.60. The highest BCUT2D eigenvalue weighted by atomic mass is 16.2. The molecule has 0 spiro atoms. The first-order chi connectivity index (χ1) is 10.7. The molecule has 0 unspecified atom stereocenters. The standard InChI is InChI=1S/C15H21N5O2/c1-3-19(4-2)10-9-16-14(21)11-20-15(22)12-7-5-6-8-13(12)17-18-20/h5-8H,3-4,9-11H2,1-2H3,(H,16,21). The fourth-order valence-corrected chi connectivity index (χ4v) is 2.21. The van der Waals surface area contributed by atoms with E-state index in [2.05, 4.69) is 34.4 Å². The minimum atomic E-state index is -0.301. The maximum atomic E-state index is 12.2. The van der Waals surface area contributed by atoms with Crippen LogP contribution in [0.15, 0.2) is 29.1 Å². The van der Waals surface area contributed by atoms with Crippen molar-refractivity contribution >= 4 is 16.8 Å². The van der Waals surface area contributed by atoms with E-state index in [1.54, 1.807) is 24.3 Å². The zero-order chi connectivity index (χ0) is 15.9. The molecule has 0 aliphatic carbocycles. The minimum Gasteiger partial charge on any atom is -0.353 e. The molecule has 1 aromatic heterocycles. The Morgan fingerprint density at radius 2 is 2.00 bits per heavy atom. The molecule has 2 rings (SSSR count). The maximum absolute atomic E-state index is 12.2. The summed E-state index contributed by atoms with van der Waals surface area (Å²) < 4.78 is 1.09. The Morgan fingerprint density at radius 1 is 1.27 bits per heavy atom. The van der Waals surface area contributed by atoms with Crippen LogP contribution in [-0.2, 0) is 11.3 Å². The lowest BCUT2D eigenvalue weighted by Crippen LogP contribution is -2.38. The fraction of sp³-hybridized carbons (Fsp3) is 0.467. The van der Waals surface area contributed by atoms with Crippen LogP contribution in [0.1, 0.15) is 13.8 Å². The largest absolute Gasteiger partial charge is 0.353 e. The first kappa shape index (κ1) is 16.1. The summed E-state index contributed by atoms with van der Waals surface area (Å²) in [6.07, 6.45) is 0. The predicted molar refractivity (Wildman–Crippen MR) is 84.6 cm³/mol. The summed E-state index contributed by atoms with van der Waals surface area (Å²) in [5.74, 6) is -0.237. The van der Waals surface area contributed by atoms with Gasteiger partial charge in [0.2, 0.25) is 5.91 Å². The van der Waals surface area contributed by atoms with E-state index < -0.39 is 0 Å². The van der Waals surface area contributed by atoms with Crippen molar-refractivity contribution in [3.8, 4) is 0 Å². The lowest BCUT2D eigenvalue weighted by atomic mass is 10.2. The van der Waals surface area contributed by atoms with Gasteiger partial charge in [0.15, 0.2) is 0 Å². The summed E-state index contributed by atoms with van der Waals surface area (Å²) >= 11 is 0. The van der Waals surface area contributed by atoms with Gasteiger partial charge in [-0.15, -0.1) is 5.10 Å². The van der Waals surface area contributed by atoms with Crippen molar-refractivity contribution in [2.45, 2.75) is 20.4 Å². The highest BCUT2D eigenvalue weighted by Crippen LogP contribution is 2.03. The quantitative estimate of drug-likeness (QED) is 0.793. The van der Waals surface area contributed by atoms with Crippen LogP contribution in [0.5, 0.6) is 0 Å². The molecule has 1 heterocycles. The van der Waals surface area contributed by atoms with Crippen LogP contribution in [0.25, 0.3) is 10.9 Å². The fourth-order valence-electron chi connectivity index (χ4n) is 2.21. The van der Waals surface area contributed by atoms with Crippen molar-refractivity contribution in [1.82, 2.24) is 25.2 Å². The van der Waals surface area contributed by atoms with Gasteiger partial charge < -0.3 is 10.2 Å². The molecule has 1 aromatic carbocycles. The molecule has 1 amide bonds. The second-order valence-corrected chi connectivity index (χ2v) is 4.95. The number of fused-ring (bicyclic) bond motifs is 1. The molecule has 0 aliphatic rings. The van der Waals surface area contributed by atoms with Crippen LogP contribution in [0.3, 0.4) is 0 Å². The molecule has 1 N–H and O–H groups in total. The predicted octanol–water partition coefficient (Wildman–Crippen LogP) is 0.250. The second-order valence-electron chi connectivity index (χ2n) is 4.95. The van der Waals surface area contributed by atoms with Crippen molar-refractivity contribution in [1.29, 1.82) is 0 Å². The number of benzene rings is 1. The van der Waals surface area contributed by atoms with Gasteiger partial charge in [-0.3, -0.25) is 9.59 Å². The Bertz CT molecular complexity index is 694. The summed E-state index contributed by atoms with van der Waals surface area (Å²) in [6, 6.07) is 6.96. The zero-order valence-electron chi connectivity index (χ0n) is 13.0. The number of aromatic nitrogens is 3. The average Bonchev–Trinajstić information content (AvgIpc) is 2.54. The molecule has 7 heteroatoms. The first-order valence-corrected chi connectivity index (χ1v) is 7.47. The van der Waals surface area contributed by atoms with Crippen LogP contribution in [0.2, 0.25) is 0 Å². The van der Waals surface area contributed by atoms with Crippen molar-refractivity contribution in [2.24, 2.45) is 0 Å². The molecular formula is C15H21N5O2. The Labute approximate surface area is 128 Å². The number of rotatable bonds is 7. The average molecular weight is 303 g/mol. The lowest BCUT2D eigenvalue weighted by Gasteiger charge is -2.17. The van der Waals surface area contributed by atoms with Gasteiger partial charge in [0.05, 0.1) is 5.39 Å². The van der Waals surface area contributed by atoms with Gasteiger partial charge in [-0.25, -0.2) is 4.68 Å². The van der Waals surface area contributed by atoms with Crippen LogP contribution in [0, 0.1) is 0 Å². The van der Waals surface area contributed by atoms with Gasteiger partial charge in [-0.05, 0) is 25.2 Å². The van der Waals surface area contributed by atoms with Gasteiger partial charge in [-0.1, -0.05) is 31.2 Å². The van der Waals surface area contributed by atoms with Crippen LogP contribution in [0.4, 0.5) is 0 Å². The smallest absolute Gasteiger partial charge is 0.278 e. The minimum absolute atomic E-state index is 0.116. The molecule has 0 saturated carbocycles. The topological polar surface area (TPSA) is 80.1 Å². The van der Waals surface area contributed by atoms with Gasteiger partial charge >= 0.3 is 0 Å². The SMILES string of the molecule is CCN(CC)CCNC(=O)Cn1nnc2ccccc2c1=O. The number of likely N-dealkylation sites (N-methyl/N-ethyl adjacent to an activating group) is 1. The molecule has 7 nitrogen and oxygen atoms in total. The third kappa shape index (κ3) is 3.88. The first-order valence-electron chi connectivity index (χ1n) is 7.47. The number of nitrogens with zero attached hydrogens (tertiary/aromatic N) is 4. The number of carbonyl (C=O) groups excluding carboxylic acids is 1. The molecule has 0 fully saturated rings. The highest BCUT2D eigenvalue weighted by molar-refractivity contribution is 5.78. The molecule has 0 saturated heterocycles. The van der Waals surface area contributed by atoms with Gasteiger partial charge in [0, 0.05) is 13.1 Å². The molecule has 118 valence electrons. The van der Waals surface area contributed by atoms with Crippen LogP contribution in [-0.4, -0.2) is 52.0 Å². The second kappa shape index (κ2) is 7.65. The van der Waals surface area contributed by atoms with E-state index in [0.29, 0.717) is 17.4 Å². The maximum Gasteiger partial charge on any atom is 0.278 e. The van der Waals surface area contributed by atoms with Gasteiger partial charge in [0.25, 0.3) is 5.56 Å². The Balaban J connectivity index is 1.97. The van der Waals surface area contributed by atoms with E-state index in [-0.39, 0.29) is 18.0 Å². The normalized spacial score (nSPS) is 11.0. The van der Waals surface area contributed by atoms with E-state index in [4.69, 9.17) is 0 Å². The summed E-state index contributed by atoms with van der Waals surface area (Å²) in [7, 11) is 0. The zero-order valence-corrected chi connectivity index (χ0v) is 13.0. The number of amides is 1. The van der Waals surface area contributed by atoms with E-state index in [0.717, 1.165) is 24.3 Å². The highest BCUT2D eigenvalue weighted by Gasteiger charge is 2.09. The van der Waals surface area contributed by atoms with Crippen LogP contribution >= 0.6 is 0 Å². The molecule has 0 aliphatic heterocycles. The van der Waals surface area contributed by atoms with E-state index in [9.17, 15) is 9.59 Å². The number of hydrogen-bond acceptors (Lipinski definition) is 5. The molecule has 0 radical (unpaired) electrons. The van der Waals surface area contributed by atoms with Gasteiger partial charge in [0.1, 0.15) is 12.1 Å². The summed E-state index contributed by atoms with van der Waals surface area (Å²) in [5.41, 5.74) is 0.232. The monoisotopic (exact) mass is 303 g/mol. The van der Waals surface area contributed by atoms with Crippen molar-refractivity contribution in [3.05, 3.63) is 34.6 Å². The Hall–Kier alpha value is -2.28. The third-order valence-corrected chi connectivity index (χ3v) is 3.57. The Morgan fingerprint density at radius 3 is 2.73 bits per heavy atom. The lowest BCUT2D eigenvalue weighted by molar-refractivity contribution is -0.122. The number of nitrogens with one attached hydrogen (secondary N) is 1. The van der Waals surface area contributed by atoms with E-state index in [1.165, 1.54) is 0 Å². The van der Waals surface area contributed by atoms with Crippen molar-refractivity contribution in [3.63, 3.8) is 0 Å². The molecule has 22 heavy (non-hydrogen) atoms. The summed E-state index contributed by atoms with van der Waals surface area (Å²) in [4.78, 5) is 26.3. The van der Waals surface area contributed by atoms with Crippen molar-refractivity contribution in [2.75, 3.05) is 26.2 Å². The molecule has 0 bridgehead atoms. The van der Waals surface area contributed by atoms with E-state index in [1.807, 2.05) is 0 Å². The summed E-state index contributed by atoms with van der Waals surface area (Å²) in [5, 5.41) is 11.0. The molecular weight excluding hydrogens is 282 g/mol. The third-order valence-electron chi connectivity index (χ3n) is 3.57. The van der Waals surface area contributed by atoms with Crippen LogP contribution < -0.4 is 10.9 Å².